The Balaban J connectivity index is 1.84. The Morgan fingerprint density at radius 3 is 2.24 bits per heavy atom. The Kier molecular flexibility index (Phi) is 5.76. The summed E-state index contributed by atoms with van der Waals surface area (Å²) in [6.07, 6.45) is 1.54. The van der Waals surface area contributed by atoms with Gasteiger partial charge >= 0.3 is 0 Å². The number of rotatable bonds is 4. The fraction of sp³-hybridized carbons (Fsp3) is 0.0435. The maximum Gasteiger partial charge on any atom is 0.182 e. The molecular formula is C23H16Br2O3S. The SMILES string of the molecule is O=S(=O)(CC1=COc2ccccc2/C1=C(\Br)c1ccc(Br)cc1)c1ccccc1. The summed E-state index contributed by atoms with van der Waals surface area (Å²) < 4.78 is 33.6. The number of sulfone groups is 1. The van der Waals surface area contributed by atoms with Crippen LogP contribution in [0.25, 0.3) is 10.1 Å². The minimum Gasteiger partial charge on any atom is -0.464 e. The molecule has 29 heavy (non-hydrogen) atoms. The lowest BCUT2D eigenvalue weighted by atomic mass is 9.95. The van der Waals surface area contributed by atoms with E-state index in [1.165, 1.54) is 6.26 Å². The lowest BCUT2D eigenvalue weighted by molar-refractivity contribution is 0.470. The average Bonchev–Trinajstić information content (AvgIpc) is 2.74. The molecule has 0 bridgehead atoms. The Hall–Kier alpha value is -2.15. The fourth-order valence-corrected chi connectivity index (χ4v) is 5.52. The minimum atomic E-state index is -3.53. The molecule has 3 nitrogen and oxygen atoms in total. The van der Waals surface area contributed by atoms with E-state index < -0.39 is 9.84 Å². The summed E-state index contributed by atoms with van der Waals surface area (Å²) in [7, 11) is -3.53. The monoisotopic (exact) mass is 530 g/mol. The molecule has 0 N–H and O–H groups in total. The van der Waals surface area contributed by atoms with Crippen molar-refractivity contribution < 1.29 is 13.2 Å². The second-order valence-corrected chi connectivity index (χ2v) is 10.2. The van der Waals surface area contributed by atoms with Crippen molar-refractivity contribution in [3.8, 4) is 5.75 Å². The van der Waals surface area contributed by atoms with Crippen LogP contribution in [-0.4, -0.2) is 14.2 Å². The van der Waals surface area contributed by atoms with Crippen LogP contribution in [-0.2, 0) is 9.84 Å². The molecule has 6 heteroatoms. The van der Waals surface area contributed by atoms with E-state index in [0.29, 0.717) is 16.2 Å². The first-order valence-corrected chi connectivity index (χ1v) is 12.1. The van der Waals surface area contributed by atoms with Crippen LogP contribution in [0, 0.1) is 0 Å². The van der Waals surface area contributed by atoms with Crippen molar-refractivity contribution in [2.45, 2.75) is 4.90 Å². The van der Waals surface area contributed by atoms with Gasteiger partial charge in [-0.1, -0.05) is 64.5 Å². The maximum atomic E-state index is 13.0. The first-order chi connectivity index (χ1) is 14.0. The highest BCUT2D eigenvalue weighted by Crippen LogP contribution is 2.43. The fourth-order valence-electron chi connectivity index (χ4n) is 3.16. The number of hydrogen-bond acceptors (Lipinski definition) is 3. The predicted octanol–water partition coefficient (Wildman–Crippen LogP) is 6.46. The summed E-state index contributed by atoms with van der Waals surface area (Å²) in [5, 5.41) is 0. The van der Waals surface area contributed by atoms with Gasteiger partial charge in [0.25, 0.3) is 0 Å². The van der Waals surface area contributed by atoms with Crippen LogP contribution in [0.15, 0.2) is 100 Å². The van der Waals surface area contributed by atoms with Crippen molar-refractivity contribution in [2.75, 3.05) is 5.75 Å². The van der Waals surface area contributed by atoms with Gasteiger partial charge in [-0.15, -0.1) is 0 Å². The number of hydrogen-bond donors (Lipinski definition) is 0. The molecule has 0 saturated heterocycles. The predicted molar refractivity (Wildman–Crippen MR) is 124 cm³/mol. The molecule has 0 unspecified atom stereocenters. The van der Waals surface area contributed by atoms with Crippen molar-refractivity contribution in [3.63, 3.8) is 0 Å². The third-order valence-electron chi connectivity index (χ3n) is 4.57. The smallest absolute Gasteiger partial charge is 0.182 e. The summed E-state index contributed by atoms with van der Waals surface area (Å²) >= 11 is 7.17. The van der Waals surface area contributed by atoms with Crippen LogP contribution in [0.1, 0.15) is 11.1 Å². The molecule has 0 radical (unpaired) electrons. The summed E-state index contributed by atoms with van der Waals surface area (Å²) in [5.41, 5.74) is 3.21. The van der Waals surface area contributed by atoms with E-state index in [4.69, 9.17) is 4.74 Å². The molecule has 0 aliphatic carbocycles. The highest BCUT2D eigenvalue weighted by molar-refractivity contribution is 9.15. The van der Waals surface area contributed by atoms with Gasteiger partial charge in [0, 0.05) is 25.7 Å². The lowest BCUT2D eigenvalue weighted by Gasteiger charge is -2.22. The second kappa shape index (κ2) is 8.30. The molecule has 1 heterocycles. The van der Waals surface area contributed by atoms with Gasteiger partial charge in [-0.3, -0.25) is 0 Å². The Morgan fingerprint density at radius 2 is 1.52 bits per heavy atom. The number of fused-ring (bicyclic) bond motifs is 1. The number of para-hydroxylation sites is 1. The van der Waals surface area contributed by atoms with Crippen LogP contribution in [0.4, 0.5) is 0 Å². The number of ether oxygens (including phenoxy) is 1. The number of halogens is 2. The van der Waals surface area contributed by atoms with E-state index in [2.05, 4.69) is 31.9 Å². The van der Waals surface area contributed by atoms with Crippen molar-refractivity contribution >= 4 is 51.8 Å². The highest BCUT2D eigenvalue weighted by Gasteiger charge is 2.26. The molecule has 3 aromatic rings. The molecule has 0 aromatic heterocycles. The third kappa shape index (κ3) is 4.25. The topological polar surface area (TPSA) is 43.4 Å². The van der Waals surface area contributed by atoms with E-state index >= 15 is 0 Å². The quantitative estimate of drug-likeness (QED) is 0.388. The van der Waals surface area contributed by atoms with Crippen LogP contribution in [0.5, 0.6) is 5.75 Å². The number of benzene rings is 3. The van der Waals surface area contributed by atoms with Crippen molar-refractivity contribution in [1.82, 2.24) is 0 Å². The van der Waals surface area contributed by atoms with Crippen molar-refractivity contribution in [1.29, 1.82) is 0 Å². The van der Waals surface area contributed by atoms with Crippen LogP contribution in [0.3, 0.4) is 0 Å². The second-order valence-electron chi connectivity index (χ2n) is 6.53. The van der Waals surface area contributed by atoms with Crippen LogP contribution in [0.2, 0.25) is 0 Å². The van der Waals surface area contributed by atoms with Gasteiger partial charge in [0.05, 0.1) is 16.9 Å². The molecule has 1 aliphatic heterocycles. The zero-order valence-corrected chi connectivity index (χ0v) is 19.2. The molecule has 0 spiro atoms. The normalized spacial score (nSPS) is 15.2. The van der Waals surface area contributed by atoms with E-state index in [0.717, 1.165) is 25.7 Å². The summed E-state index contributed by atoms with van der Waals surface area (Å²) in [6, 6.07) is 23.9. The first kappa shape index (κ1) is 20.1. The molecule has 0 fully saturated rings. The Morgan fingerprint density at radius 1 is 0.862 bits per heavy atom. The van der Waals surface area contributed by atoms with Gasteiger partial charge in [-0.2, -0.15) is 0 Å². The summed E-state index contributed by atoms with van der Waals surface area (Å²) in [6.45, 7) is 0. The van der Waals surface area contributed by atoms with Crippen molar-refractivity contribution in [2.24, 2.45) is 0 Å². The van der Waals surface area contributed by atoms with Gasteiger partial charge in [0.1, 0.15) is 5.75 Å². The molecule has 0 amide bonds. The van der Waals surface area contributed by atoms with Crippen molar-refractivity contribution in [3.05, 3.63) is 106 Å². The molecule has 0 atom stereocenters. The number of allylic oxidation sites excluding steroid dienone is 1. The molecule has 1 aliphatic rings. The summed E-state index contributed by atoms with van der Waals surface area (Å²) in [4.78, 5) is 0.291. The molecule has 3 aromatic carbocycles. The Labute approximate surface area is 186 Å². The van der Waals surface area contributed by atoms with Gasteiger partial charge in [-0.25, -0.2) is 8.42 Å². The largest absolute Gasteiger partial charge is 0.464 e. The van der Waals surface area contributed by atoms with Gasteiger partial charge in [-0.05, 0) is 51.8 Å². The lowest BCUT2D eigenvalue weighted by Crippen LogP contribution is -2.14. The molecule has 0 saturated carbocycles. The molecule has 4 rings (SSSR count). The molecular weight excluding hydrogens is 516 g/mol. The average molecular weight is 532 g/mol. The first-order valence-electron chi connectivity index (χ1n) is 8.85. The highest BCUT2D eigenvalue weighted by atomic mass is 79.9. The zero-order chi connectivity index (χ0) is 20.4. The standard InChI is InChI=1S/C23H16Br2O3S/c24-18-12-10-16(11-13-18)23(25)22-17(14-28-21-9-5-4-8-20(21)22)15-29(26,27)19-6-2-1-3-7-19/h1-14H,15H2/b23-22-. The van der Waals surface area contributed by atoms with E-state index in [-0.39, 0.29) is 5.75 Å². The van der Waals surface area contributed by atoms with Gasteiger partial charge < -0.3 is 4.74 Å². The van der Waals surface area contributed by atoms with Gasteiger partial charge in [0.2, 0.25) is 0 Å². The van der Waals surface area contributed by atoms with E-state index in [9.17, 15) is 8.42 Å². The van der Waals surface area contributed by atoms with E-state index in [1.807, 2.05) is 48.5 Å². The van der Waals surface area contributed by atoms with Crippen LogP contribution >= 0.6 is 31.9 Å². The minimum absolute atomic E-state index is 0.160. The third-order valence-corrected chi connectivity index (χ3v) is 7.64. The summed E-state index contributed by atoms with van der Waals surface area (Å²) in [5.74, 6) is 0.532. The maximum absolute atomic E-state index is 13.0. The zero-order valence-electron chi connectivity index (χ0n) is 15.2. The Bertz CT molecular complexity index is 1210. The van der Waals surface area contributed by atoms with E-state index in [1.54, 1.807) is 30.3 Å². The van der Waals surface area contributed by atoms with Gasteiger partial charge in [0.15, 0.2) is 9.84 Å². The molecule has 146 valence electrons. The van der Waals surface area contributed by atoms with Crippen LogP contribution < -0.4 is 4.74 Å².